The predicted molar refractivity (Wildman–Crippen MR) is 156 cm³/mol. The van der Waals surface area contributed by atoms with Crippen molar-refractivity contribution in [3.05, 3.63) is 58.1 Å². The van der Waals surface area contributed by atoms with Gasteiger partial charge >= 0.3 is 0 Å². The van der Waals surface area contributed by atoms with Crippen LogP contribution in [0.1, 0.15) is 57.4 Å². The number of carbonyl (C=O) groups excluding carboxylic acids is 2. The average molecular weight is 599 g/mol. The molecule has 0 saturated heterocycles. The first-order chi connectivity index (χ1) is 18.5. The Morgan fingerprint density at radius 2 is 1.82 bits per heavy atom. The van der Waals surface area contributed by atoms with E-state index in [0.29, 0.717) is 27.9 Å². The molecule has 2 aromatic carbocycles. The summed E-state index contributed by atoms with van der Waals surface area (Å²) in [4.78, 5) is 28.5. The van der Waals surface area contributed by atoms with E-state index in [1.54, 1.807) is 47.4 Å². The number of carbonyl (C=O) groups is 2. The summed E-state index contributed by atoms with van der Waals surface area (Å²) >= 11 is 12.3. The molecule has 3 rings (SSSR count). The maximum absolute atomic E-state index is 13.6. The normalized spacial score (nSPS) is 14.6. The molecular formula is C28H37Cl2N3O5S. The molecule has 2 aromatic rings. The minimum Gasteiger partial charge on any atom is -0.497 e. The number of nitrogens with zero attached hydrogens (tertiary/aromatic N) is 2. The Balaban J connectivity index is 1.78. The maximum Gasteiger partial charge on any atom is 0.243 e. The van der Waals surface area contributed by atoms with Crippen LogP contribution in [-0.4, -0.2) is 57.1 Å². The lowest BCUT2D eigenvalue weighted by molar-refractivity contribution is -0.141. The molecule has 0 heterocycles. The Bertz CT molecular complexity index is 1250. The molecule has 0 unspecified atom stereocenters. The zero-order chi connectivity index (χ0) is 28.6. The van der Waals surface area contributed by atoms with Gasteiger partial charge in [-0.3, -0.25) is 13.9 Å². The highest BCUT2D eigenvalue weighted by atomic mass is 35.5. The van der Waals surface area contributed by atoms with E-state index in [-0.39, 0.29) is 43.8 Å². The minimum absolute atomic E-state index is 0.0600. The number of ether oxygens (including phenoxy) is 1. The molecule has 0 aromatic heterocycles. The molecule has 1 N–H and O–H groups in total. The standard InChI is InChI=1S/C28H37Cl2N3O5S/c1-4-26(28(35)31-21-9-5-6-10-21)32(19-20-14-15-24(29)25(30)17-20)27(34)13-8-16-33(39(3,36)37)22-11-7-12-23(18-22)38-2/h7,11-12,14-15,17-18,21,26H,4-6,8-10,13,16,19H2,1-3H3,(H,31,35)/t26-/m0/s1. The third-order valence-corrected chi connectivity index (χ3v) is 8.85. The number of nitrogens with one attached hydrogen (secondary N) is 1. The van der Waals surface area contributed by atoms with Crippen LogP contribution in [0.3, 0.4) is 0 Å². The predicted octanol–water partition coefficient (Wildman–Crippen LogP) is 5.41. The Kier molecular flexibility index (Phi) is 11.3. The lowest BCUT2D eigenvalue weighted by Gasteiger charge is -2.32. The van der Waals surface area contributed by atoms with Crippen molar-refractivity contribution in [1.29, 1.82) is 0 Å². The first-order valence-corrected chi connectivity index (χ1v) is 15.8. The van der Waals surface area contributed by atoms with Crippen LogP contribution in [0.25, 0.3) is 0 Å². The second-order valence-electron chi connectivity index (χ2n) is 9.82. The highest BCUT2D eigenvalue weighted by Gasteiger charge is 2.31. The number of rotatable bonds is 13. The van der Waals surface area contributed by atoms with Gasteiger partial charge in [-0.2, -0.15) is 0 Å². The van der Waals surface area contributed by atoms with Gasteiger partial charge in [-0.25, -0.2) is 8.42 Å². The lowest BCUT2D eigenvalue weighted by Crippen LogP contribution is -2.51. The number of anilines is 1. The Labute approximate surface area is 241 Å². The molecule has 1 atom stereocenters. The molecule has 8 nitrogen and oxygen atoms in total. The van der Waals surface area contributed by atoms with Gasteiger partial charge in [-0.1, -0.05) is 55.1 Å². The van der Waals surface area contributed by atoms with E-state index >= 15 is 0 Å². The summed E-state index contributed by atoms with van der Waals surface area (Å²) in [5.74, 6) is 0.115. The minimum atomic E-state index is -3.60. The zero-order valence-corrected chi connectivity index (χ0v) is 25.0. The summed E-state index contributed by atoms with van der Waals surface area (Å²) < 4.78 is 31.6. The van der Waals surface area contributed by atoms with Crippen molar-refractivity contribution in [3.8, 4) is 5.75 Å². The summed E-state index contributed by atoms with van der Waals surface area (Å²) in [6.07, 6.45) is 5.93. The van der Waals surface area contributed by atoms with E-state index in [1.165, 1.54) is 11.4 Å². The Morgan fingerprint density at radius 3 is 2.44 bits per heavy atom. The van der Waals surface area contributed by atoms with Gasteiger partial charge in [0, 0.05) is 31.6 Å². The molecule has 39 heavy (non-hydrogen) atoms. The van der Waals surface area contributed by atoms with E-state index in [2.05, 4.69) is 5.32 Å². The number of halogens is 2. The summed E-state index contributed by atoms with van der Waals surface area (Å²) in [7, 11) is -2.09. The molecule has 0 spiro atoms. The highest BCUT2D eigenvalue weighted by molar-refractivity contribution is 7.92. The Hall–Kier alpha value is -2.49. The van der Waals surface area contributed by atoms with E-state index in [0.717, 1.165) is 37.5 Å². The number of methoxy groups -OCH3 is 1. The van der Waals surface area contributed by atoms with Crippen LogP contribution in [0.2, 0.25) is 10.0 Å². The van der Waals surface area contributed by atoms with Gasteiger partial charge in [0.1, 0.15) is 11.8 Å². The van der Waals surface area contributed by atoms with Crippen molar-refractivity contribution in [2.45, 2.75) is 70.5 Å². The smallest absolute Gasteiger partial charge is 0.243 e. The van der Waals surface area contributed by atoms with Gasteiger partial charge in [0.25, 0.3) is 0 Å². The van der Waals surface area contributed by atoms with Crippen LogP contribution in [0.4, 0.5) is 5.69 Å². The summed E-state index contributed by atoms with van der Waals surface area (Å²) in [5.41, 5.74) is 1.21. The largest absolute Gasteiger partial charge is 0.497 e. The second-order valence-corrected chi connectivity index (χ2v) is 12.5. The molecule has 0 aliphatic heterocycles. The summed E-state index contributed by atoms with van der Waals surface area (Å²) in [6.45, 7) is 2.16. The molecule has 1 aliphatic carbocycles. The van der Waals surface area contributed by atoms with Crippen molar-refractivity contribution in [2.24, 2.45) is 0 Å². The van der Waals surface area contributed by atoms with E-state index < -0.39 is 16.1 Å². The van der Waals surface area contributed by atoms with Crippen LogP contribution in [0.15, 0.2) is 42.5 Å². The molecule has 1 fully saturated rings. The van der Waals surface area contributed by atoms with Gasteiger partial charge in [0.05, 0.1) is 29.1 Å². The molecule has 11 heteroatoms. The molecule has 1 aliphatic rings. The van der Waals surface area contributed by atoms with Gasteiger partial charge < -0.3 is 15.0 Å². The van der Waals surface area contributed by atoms with Crippen molar-refractivity contribution < 1.29 is 22.7 Å². The van der Waals surface area contributed by atoms with Gasteiger partial charge in [0.15, 0.2) is 0 Å². The third kappa shape index (κ3) is 8.75. The van der Waals surface area contributed by atoms with E-state index in [4.69, 9.17) is 27.9 Å². The molecule has 1 saturated carbocycles. The van der Waals surface area contributed by atoms with Gasteiger partial charge in [0.2, 0.25) is 21.8 Å². The van der Waals surface area contributed by atoms with Crippen LogP contribution in [0, 0.1) is 0 Å². The van der Waals surface area contributed by atoms with Crippen LogP contribution in [0.5, 0.6) is 5.75 Å². The number of amides is 2. The van der Waals surface area contributed by atoms with Crippen LogP contribution >= 0.6 is 23.2 Å². The molecule has 0 radical (unpaired) electrons. The molecule has 214 valence electrons. The number of hydrogen-bond donors (Lipinski definition) is 1. The fourth-order valence-electron chi connectivity index (χ4n) is 4.89. The number of sulfonamides is 1. The van der Waals surface area contributed by atoms with Gasteiger partial charge in [-0.05, 0) is 55.5 Å². The quantitative estimate of drug-likeness (QED) is 0.333. The van der Waals surface area contributed by atoms with Gasteiger partial charge in [-0.15, -0.1) is 0 Å². The highest BCUT2D eigenvalue weighted by Crippen LogP contribution is 2.26. The SMILES string of the molecule is CC[C@@H](C(=O)NC1CCCC1)N(Cc1ccc(Cl)c(Cl)c1)C(=O)CCCN(c1cccc(OC)c1)S(C)(=O)=O. The molecule has 0 bridgehead atoms. The van der Waals surface area contributed by atoms with Crippen molar-refractivity contribution >= 4 is 50.7 Å². The summed E-state index contributed by atoms with van der Waals surface area (Å²) in [6, 6.07) is 11.4. The van der Waals surface area contributed by atoms with Crippen molar-refractivity contribution in [1.82, 2.24) is 10.2 Å². The summed E-state index contributed by atoms with van der Waals surface area (Å²) in [5, 5.41) is 3.89. The maximum atomic E-state index is 13.6. The first-order valence-electron chi connectivity index (χ1n) is 13.2. The zero-order valence-electron chi connectivity index (χ0n) is 22.7. The fraction of sp³-hybridized carbons (Fsp3) is 0.500. The second kappa shape index (κ2) is 14.2. The number of benzene rings is 2. The first kappa shape index (κ1) is 31.0. The monoisotopic (exact) mass is 597 g/mol. The topological polar surface area (TPSA) is 96.0 Å². The lowest BCUT2D eigenvalue weighted by atomic mass is 10.1. The third-order valence-electron chi connectivity index (χ3n) is 6.92. The number of hydrogen-bond acceptors (Lipinski definition) is 5. The van der Waals surface area contributed by atoms with Crippen molar-refractivity contribution in [2.75, 3.05) is 24.2 Å². The fourth-order valence-corrected chi connectivity index (χ4v) is 6.17. The van der Waals surface area contributed by atoms with E-state index in [1.807, 2.05) is 6.92 Å². The van der Waals surface area contributed by atoms with E-state index in [9.17, 15) is 18.0 Å². The van der Waals surface area contributed by atoms with Crippen molar-refractivity contribution in [3.63, 3.8) is 0 Å². The molecular weight excluding hydrogens is 561 g/mol. The van der Waals surface area contributed by atoms with Crippen LogP contribution < -0.4 is 14.4 Å². The van der Waals surface area contributed by atoms with Crippen LogP contribution in [-0.2, 0) is 26.2 Å². The Morgan fingerprint density at radius 1 is 1.10 bits per heavy atom. The average Bonchev–Trinajstić information content (AvgIpc) is 3.40. The molecule has 2 amide bonds.